The van der Waals surface area contributed by atoms with Crippen molar-refractivity contribution >= 4 is 12.0 Å². The third-order valence-corrected chi connectivity index (χ3v) is 3.74. The van der Waals surface area contributed by atoms with Crippen LogP contribution in [-0.4, -0.2) is 52.3 Å². The van der Waals surface area contributed by atoms with Gasteiger partial charge in [0.2, 0.25) is 0 Å². The summed E-state index contributed by atoms with van der Waals surface area (Å²) in [4.78, 5) is 24.8. The fraction of sp³-hybridized carbons (Fsp3) is 0.467. The molecule has 1 aromatic rings. The molecule has 0 unspecified atom stereocenters. The van der Waals surface area contributed by atoms with Crippen molar-refractivity contribution in [3.63, 3.8) is 0 Å². The third-order valence-electron chi connectivity index (χ3n) is 3.74. The number of hydrogen-bond donors (Lipinski definition) is 3. The van der Waals surface area contributed by atoms with Crippen LogP contribution in [0.15, 0.2) is 24.3 Å². The van der Waals surface area contributed by atoms with E-state index in [1.807, 2.05) is 24.3 Å². The highest BCUT2D eigenvalue weighted by Crippen LogP contribution is 2.15. The van der Waals surface area contributed by atoms with E-state index in [0.29, 0.717) is 13.1 Å². The first kappa shape index (κ1) is 15.3. The standard InChI is InChI=1S/C15H20N2O4/c1-10(18)13(14(19)20)16-15(21)17-8-6-11-4-2-3-5-12(11)7-9-17/h2-5,10,13,18H,6-9H2,1H3,(H,16,21)(H,19,20)/t10-,13+/m1/s1. The van der Waals surface area contributed by atoms with Crippen LogP contribution in [0.5, 0.6) is 0 Å². The molecule has 1 heterocycles. The lowest BCUT2D eigenvalue weighted by Crippen LogP contribution is -2.52. The fourth-order valence-corrected chi connectivity index (χ4v) is 2.48. The Morgan fingerprint density at radius 2 is 1.71 bits per heavy atom. The SMILES string of the molecule is C[C@@H](O)[C@H](NC(=O)N1CCc2ccccc2CC1)C(=O)O. The van der Waals surface area contributed by atoms with Gasteiger partial charge in [0.25, 0.3) is 0 Å². The van der Waals surface area contributed by atoms with Crippen molar-refractivity contribution in [1.82, 2.24) is 10.2 Å². The van der Waals surface area contributed by atoms with E-state index >= 15 is 0 Å². The first-order valence-corrected chi connectivity index (χ1v) is 7.02. The molecule has 2 amide bonds. The van der Waals surface area contributed by atoms with Gasteiger partial charge in [0, 0.05) is 13.1 Å². The number of amides is 2. The second-order valence-corrected chi connectivity index (χ2v) is 5.26. The Morgan fingerprint density at radius 3 is 2.14 bits per heavy atom. The van der Waals surface area contributed by atoms with E-state index in [-0.39, 0.29) is 0 Å². The van der Waals surface area contributed by atoms with Gasteiger partial charge >= 0.3 is 12.0 Å². The van der Waals surface area contributed by atoms with E-state index in [0.717, 1.165) is 12.8 Å². The van der Waals surface area contributed by atoms with Crippen molar-refractivity contribution in [2.24, 2.45) is 0 Å². The van der Waals surface area contributed by atoms with Crippen molar-refractivity contribution in [2.75, 3.05) is 13.1 Å². The van der Waals surface area contributed by atoms with E-state index in [2.05, 4.69) is 5.32 Å². The van der Waals surface area contributed by atoms with Crippen LogP contribution >= 0.6 is 0 Å². The number of fused-ring (bicyclic) bond motifs is 1. The average molecular weight is 292 g/mol. The maximum absolute atomic E-state index is 12.2. The van der Waals surface area contributed by atoms with Crippen LogP contribution in [0.3, 0.4) is 0 Å². The summed E-state index contributed by atoms with van der Waals surface area (Å²) in [6.45, 7) is 2.42. The van der Waals surface area contributed by atoms with Crippen LogP contribution < -0.4 is 5.32 Å². The third kappa shape index (κ3) is 3.72. The fourth-order valence-electron chi connectivity index (χ4n) is 2.48. The molecule has 0 radical (unpaired) electrons. The lowest BCUT2D eigenvalue weighted by molar-refractivity contribution is -0.141. The highest BCUT2D eigenvalue weighted by molar-refractivity contribution is 5.83. The summed E-state index contributed by atoms with van der Waals surface area (Å²) < 4.78 is 0. The van der Waals surface area contributed by atoms with E-state index < -0.39 is 24.1 Å². The average Bonchev–Trinajstić information content (AvgIpc) is 2.66. The summed E-state index contributed by atoms with van der Waals surface area (Å²) in [5, 5.41) is 20.8. The molecule has 0 fully saturated rings. The molecule has 0 aromatic heterocycles. The Hall–Kier alpha value is -2.08. The topological polar surface area (TPSA) is 89.9 Å². The van der Waals surface area contributed by atoms with E-state index in [1.54, 1.807) is 4.90 Å². The van der Waals surface area contributed by atoms with Crippen molar-refractivity contribution in [2.45, 2.75) is 31.9 Å². The molecule has 0 bridgehead atoms. The van der Waals surface area contributed by atoms with Gasteiger partial charge in [0.15, 0.2) is 6.04 Å². The maximum Gasteiger partial charge on any atom is 0.328 e. The van der Waals surface area contributed by atoms with Crippen molar-refractivity contribution in [1.29, 1.82) is 0 Å². The van der Waals surface area contributed by atoms with Crippen LogP contribution in [0.25, 0.3) is 0 Å². The summed E-state index contributed by atoms with van der Waals surface area (Å²) in [5.41, 5.74) is 2.44. The number of benzene rings is 1. The summed E-state index contributed by atoms with van der Waals surface area (Å²) in [7, 11) is 0. The predicted molar refractivity (Wildman–Crippen MR) is 77.1 cm³/mol. The zero-order chi connectivity index (χ0) is 15.4. The number of carbonyl (C=O) groups excluding carboxylic acids is 1. The number of hydrogen-bond acceptors (Lipinski definition) is 3. The summed E-state index contributed by atoms with van der Waals surface area (Å²) >= 11 is 0. The number of carboxylic acid groups (broad SMARTS) is 1. The summed E-state index contributed by atoms with van der Waals surface area (Å²) in [6, 6.07) is 6.31. The number of aliphatic hydroxyl groups is 1. The van der Waals surface area contributed by atoms with Crippen molar-refractivity contribution < 1.29 is 19.8 Å². The predicted octanol–water partition coefficient (Wildman–Crippen LogP) is 0.631. The molecular formula is C15H20N2O4. The molecule has 21 heavy (non-hydrogen) atoms. The van der Waals surface area contributed by atoms with E-state index in [9.17, 15) is 14.7 Å². The number of nitrogens with one attached hydrogen (secondary N) is 1. The smallest absolute Gasteiger partial charge is 0.328 e. The Balaban J connectivity index is 2.00. The Kier molecular flexibility index (Phi) is 4.80. The zero-order valence-electron chi connectivity index (χ0n) is 12.0. The first-order valence-electron chi connectivity index (χ1n) is 7.02. The minimum Gasteiger partial charge on any atom is -0.480 e. The molecule has 1 aromatic carbocycles. The van der Waals surface area contributed by atoms with Crippen LogP contribution in [-0.2, 0) is 17.6 Å². The lowest BCUT2D eigenvalue weighted by Gasteiger charge is -2.24. The number of carboxylic acids is 1. The van der Waals surface area contributed by atoms with Crippen molar-refractivity contribution in [3.05, 3.63) is 35.4 Å². The quantitative estimate of drug-likeness (QED) is 0.762. The number of aliphatic carboxylic acids is 1. The van der Waals surface area contributed by atoms with E-state index in [4.69, 9.17) is 5.11 Å². The number of carbonyl (C=O) groups is 2. The largest absolute Gasteiger partial charge is 0.480 e. The van der Waals surface area contributed by atoms with Crippen molar-refractivity contribution in [3.8, 4) is 0 Å². The van der Waals surface area contributed by atoms with Gasteiger partial charge in [-0.1, -0.05) is 24.3 Å². The number of rotatable bonds is 3. The van der Waals surface area contributed by atoms with Gasteiger partial charge in [0.05, 0.1) is 6.10 Å². The van der Waals surface area contributed by atoms with Crippen LogP contribution in [0.2, 0.25) is 0 Å². The molecule has 2 rings (SSSR count). The second-order valence-electron chi connectivity index (χ2n) is 5.26. The van der Waals surface area contributed by atoms with Gasteiger partial charge in [-0.3, -0.25) is 0 Å². The molecule has 1 aliphatic heterocycles. The van der Waals surface area contributed by atoms with Gasteiger partial charge in [-0.2, -0.15) is 0 Å². The maximum atomic E-state index is 12.2. The van der Waals surface area contributed by atoms with Gasteiger partial charge < -0.3 is 20.4 Å². The molecule has 0 saturated carbocycles. The molecule has 0 saturated heterocycles. The minimum absolute atomic E-state index is 0.448. The van der Waals surface area contributed by atoms with Gasteiger partial charge in [-0.05, 0) is 30.9 Å². The Labute approximate surface area is 123 Å². The van der Waals surface area contributed by atoms with Gasteiger partial charge in [-0.15, -0.1) is 0 Å². The second kappa shape index (κ2) is 6.58. The highest BCUT2D eigenvalue weighted by atomic mass is 16.4. The minimum atomic E-state index is -1.29. The Bertz CT molecular complexity index is 503. The highest BCUT2D eigenvalue weighted by Gasteiger charge is 2.27. The molecule has 6 nitrogen and oxygen atoms in total. The Morgan fingerprint density at radius 1 is 1.19 bits per heavy atom. The summed E-state index contributed by atoms with van der Waals surface area (Å²) in [6.07, 6.45) is 0.349. The molecular weight excluding hydrogens is 272 g/mol. The molecule has 6 heteroatoms. The van der Waals surface area contributed by atoms with Gasteiger partial charge in [-0.25, -0.2) is 9.59 Å². The van der Waals surface area contributed by atoms with E-state index in [1.165, 1.54) is 18.1 Å². The number of aliphatic hydroxyl groups excluding tert-OH is 1. The lowest BCUT2D eigenvalue weighted by atomic mass is 10.0. The molecule has 2 atom stereocenters. The molecule has 1 aliphatic rings. The number of nitrogens with zero attached hydrogens (tertiary/aromatic N) is 1. The monoisotopic (exact) mass is 292 g/mol. The molecule has 114 valence electrons. The normalized spacial score (nSPS) is 17.3. The van der Waals surface area contributed by atoms with Gasteiger partial charge in [0.1, 0.15) is 0 Å². The molecule has 0 spiro atoms. The molecule has 0 aliphatic carbocycles. The van der Waals surface area contributed by atoms with Crippen LogP contribution in [0, 0.1) is 0 Å². The van der Waals surface area contributed by atoms with Crippen LogP contribution in [0.4, 0.5) is 4.79 Å². The van der Waals surface area contributed by atoms with Crippen LogP contribution in [0.1, 0.15) is 18.1 Å². The zero-order valence-corrected chi connectivity index (χ0v) is 12.0. The first-order chi connectivity index (χ1) is 9.99. The summed E-state index contributed by atoms with van der Waals surface area (Å²) in [5.74, 6) is -1.24. The molecule has 3 N–H and O–H groups in total. The number of urea groups is 1.